The lowest BCUT2D eigenvalue weighted by molar-refractivity contribution is -0.119. The highest BCUT2D eigenvalue weighted by molar-refractivity contribution is 5.94. The lowest BCUT2D eigenvalue weighted by Crippen LogP contribution is -2.21. The topological polar surface area (TPSA) is 75.3 Å². The Hall–Kier alpha value is -2.17. The number of amides is 2. The first kappa shape index (κ1) is 13.3. The van der Waals surface area contributed by atoms with Crippen molar-refractivity contribution in [2.45, 2.75) is 33.8 Å². The van der Waals surface area contributed by atoms with Gasteiger partial charge in [-0.1, -0.05) is 6.07 Å². The third-order valence-electron chi connectivity index (χ3n) is 2.46. The molecule has 0 saturated heterocycles. The van der Waals surface area contributed by atoms with Gasteiger partial charge in [-0.2, -0.15) is 0 Å². The molecule has 2 amide bonds. The largest absolute Gasteiger partial charge is 0.352 e. The Morgan fingerprint density at radius 2 is 1.47 bits per heavy atom. The minimum Gasteiger partial charge on any atom is -0.352 e. The van der Waals surface area contributed by atoms with Crippen LogP contribution in [0.15, 0.2) is 18.2 Å². The van der Waals surface area contributed by atoms with Crippen LogP contribution in [0.5, 0.6) is 0 Å². The summed E-state index contributed by atoms with van der Waals surface area (Å²) < 4.78 is 7.14. The first-order valence-corrected chi connectivity index (χ1v) is 5.86. The summed E-state index contributed by atoms with van der Waals surface area (Å²) in [7, 11) is 0. The van der Waals surface area contributed by atoms with E-state index in [1.54, 1.807) is 12.1 Å². The van der Waals surface area contributed by atoms with Crippen molar-refractivity contribution in [2.24, 2.45) is 0 Å². The van der Waals surface area contributed by atoms with E-state index in [4.69, 9.17) is 1.37 Å². The van der Waals surface area contributed by atoms with Gasteiger partial charge in [-0.05, 0) is 30.2 Å². The molecule has 0 aliphatic carbocycles. The van der Waals surface area contributed by atoms with E-state index in [0.29, 0.717) is 18.7 Å². The van der Waals surface area contributed by atoms with Gasteiger partial charge in [0.1, 0.15) is 0 Å². The number of Topliss-reactive ketones (excluding diaryl/α,β-unsaturated/α-hetero) is 1. The van der Waals surface area contributed by atoms with Crippen molar-refractivity contribution < 1.29 is 15.8 Å². The molecule has 102 valence electrons. The maximum Gasteiger partial charge on any atom is 0.217 e. The molecule has 0 aliphatic rings. The van der Waals surface area contributed by atoms with Crippen molar-refractivity contribution >= 4 is 17.6 Å². The molecule has 0 spiro atoms. The average molecular weight is 263 g/mol. The molecule has 0 saturated carbocycles. The fourth-order valence-electron chi connectivity index (χ4n) is 1.58. The fraction of sp³-hybridized carbons (Fsp3) is 0.357. The number of hydrogen-bond donors (Lipinski definition) is 2. The van der Waals surface area contributed by atoms with Crippen molar-refractivity contribution in [1.29, 1.82) is 0 Å². The summed E-state index contributed by atoms with van der Waals surface area (Å²) in [4.78, 5) is 33.5. The van der Waals surface area contributed by atoms with Gasteiger partial charge >= 0.3 is 0 Å². The lowest BCUT2D eigenvalue weighted by Gasteiger charge is -2.09. The van der Waals surface area contributed by atoms with E-state index in [1.165, 1.54) is 13.8 Å². The molecule has 0 bridgehead atoms. The van der Waals surface area contributed by atoms with E-state index in [0.717, 1.165) is 11.1 Å². The van der Waals surface area contributed by atoms with Crippen molar-refractivity contribution in [3.05, 3.63) is 34.9 Å². The van der Waals surface area contributed by atoms with Gasteiger partial charge in [-0.25, -0.2) is 0 Å². The molecule has 0 radical (unpaired) electrons. The molecule has 0 aromatic heterocycles. The Morgan fingerprint density at radius 1 is 1.00 bits per heavy atom. The zero-order chi connectivity index (χ0) is 15.1. The van der Waals surface area contributed by atoms with Crippen molar-refractivity contribution in [3.63, 3.8) is 0 Å². The summed E-state index contributed by atoms with van der Waals surface area (Å²) in [5.74, 6) is -0.616. The van der Waals surface area contributed by atoms with Crippen LogP contribution >= 0.6 is 0 Å². The molecule has 5 heteroatoms. The molecule has 1 aromatic carbocycles. The second kappa shape index (κ2) is 6.68. The normalized spacial score (nSPS) is 10.5. The number of hydrogen-bond acceptors (Lipinski definition) is 3. The smallest absolute Gasteiger partial charge is 0.217 e. The number of nitrogens with one attached hydrogen (secondary N) is 2. The van der Waals surface area contributed by atoms with Crippen molar-refractivity contribution in [2.75, 3.05) is 0 Å². The summed E-state index contributed by atoms with van der Waals surface area (Å²) >= 11 is 0. The molecule has 1 rings (SSSR count). The maximum atomic E-state index is 11.6. The molecule has 5 nitrogen and oxygen atoms in total. The highest BCUT2D eigenvalue weighted by atomic mass is 16.2. The highest BCUT2D eigenvalue weighted by Gasteiger charge is 2.06. The van der Waals surface area contributed by atoms with Gasteiger partial charge in [0.15, 0.2) is 5.78 Å². The van der Waals surface area contributed by atoms with E-state index in [9.17, 15) is 14.4 Å². The van der Waals surface area contributed by atoms with Crippen molar-refractivity contribution in [1.82, 2.24) is 10.6 Å². The Bertz CT molecular complexity index is 493. The van der Waals surface area contributed by atoms with Crippen LogP contribution in [0.2, 0.25) is 0 Å². The molecule has 1 aromatic rings. The number of rotatable bonds is 5. The number of ketones is 1. The average Bonchev–Trinajstić information content (AvgIpc) is 2.41. The molecule has 0 heterocycles. The molecule has 0 unspecified atom stereocenters. The van der Waals surface area contributed by atoms with Crippen LogP contribution in [-0.4, -0.2) is 17.6 Å². The SMILES string of the molecule is [2H]CC(=O)c1cc(CNC(C)=O)cc(CNC(C)=O)c1. The predicted octanol–water partition coefficient (Wildman–Crippen LogP) is 1.16. The van der Waals surface area contributed by atoms with Gasteiger partial charge in [0, 0.05) is 33.9 Å². The monoisotopic (exact) mass is 263 g/mol. The minimum absolute atomic E-state index is 0.161. The van der Waals surface area contributed by atoms with E-state index in [-0.39, 0.29) is 24.5 Å². The standard InChI is InChI=1S/C14H18N2O3/c1-9(17)14-5-12(7-15-10(2)18)4-13(6-14)8-16-11(3)19/h4-6H,7-8H2,1-3H3,(H,15,18)(H,16,19)/i1D. The summed E-state index contributed by atoms with van der Waals surface area (Å²) in [5, 5.41) is 5.31. The second-order valence-corrected chi connectivity index (χ2v) is 4.28. The number of benzene rings is 1. The van der Waals surface area contributed by atoms with Crippen LogP contribution in [0.1, 0.15) is 43.6 Å². The first-order chi connectivity index (χ1) is 9.42. The number of carbonyl (C=O) groups excluding carboxylic acids is 3. The highest BCUT2D eigenvalue weighted by Crippen LogP contribution is 2.11. The van der Waals surface area contributed by atoms with Gasteiger partial charge in [0.05, 0.1) is 0 Å². The van der Waals surface area contributed by atoms with Gasteiger partial charge in [0.25, 0.3) is 0 Å². The van der Waals surface area contributed by atoms with E-state index in [1.807, 2.05) is 6.07 Å². The van der Waals surface area contributed by atoms with Crippen LogP contribution in [0.3, 0.4) is 0 Å². The van der Waals surface area contributed by atoms with Crippen LogP contribution in [-0.2, 0) is 22.7 Å². The molecule has 0 aliphatic heterocycles. The molecular weight excluding hydrogens is 244 g/mol. The summed E-state index contributed by atoms with van der Waals surface area (Å²) in [6, 6.07) is 5.13. The van der Waals surface area contributed by atoms with Crippen LogP contribution in [0.4, 0.5) is 0 Å². The number of carbonyl (C=O) groups is 3. The summed E-state index contributed by atoms with van der Waals surface area (Å²) in [6.45, 7) is 3.11. The summed E-state index contributed by atoms with van der Waals surface area (Å²) in [5.41, 5.74) is 1.95. The van der Waals surface area contributed by atoms with Gasteiger partial charge < -0.3 is 10.6 Å². The van der Waals surface area contributed by atoms with Gasteiger partial charge in [0.2, 0.25) is 11.8 Å². The molecule has 0 atom stereocenters. The zero-order valence-electron chi connectivity index (χ0n) is 12.1. The first-order valence-electron chi connectivity index (χ1n) is 6.57. The van der Waals surface area contributed by atoms with E-state index < -0.39 is 0 Å². The predicted molar refractivity (Wildman–Crippen MR) is 71.5 cm³/mol. The van der Waals surface area contributed by atoms with E-state index >= 15 is 0 Å². The Balaban J connectivity index is 2.97. The molecule has 19 heavy (non-hydrogen) atoms. The van der Waals surface area contributed by atoms with Crippen LogP contribution in [0, 0.1) is 0 Å². The quantitative estimate of drug-likeness (QED) is 0.783. The lowest BCUT2D eigenvalue weighted by atomic mass is 10.0. The van der Waals surface area contributed by atoms with Crippen LogP contribution in [0.25, 0.3) is 0 Å². The maximum absolute atomic E-state index is 11.6. The van der Waals surface area contributed by atoms with Crippen LogP contribution < -0.4 is 10.6 Å². The molecule has 0 fully saturated rings. The minimum atomic E-state index is -0.330. The summed E-state index contributed by atoms with van der Waals surface area (Å²) in [6.07, 6.45) is 0. The Morgan fingerprint density at radius 3 is 1.84 bits per heavy atom. The fourth-order valence-corrected chi connectivity index (χ4v) is 1.58. The molecule has 2 N–H and O–H groups in total. The van der Waals surface area contributed by atoms with Gasteiger partial charge in [-0.15, -0.1) is 0 Å². The molecular formula is C14H18N2O3. The third kappa shape index (κ3) is 5.33. The van der Waals surface area contributed by atoms with Crippen molar-refractivity contribution in [3.8, 4) is 0 Å². The zero-order valence-corrected chi connectivity index (χ0v) is 11.1. The third-order valence-corrected chi connectivity index (χ3v) is 2.46. The second-order valence-electron chi connectivity index (χ2n) is 4.28. The van der Waals surface area contributed by atoms with Gasteiger partial charge in [-0.3, -0.25) is 14.4 Å². The van der Waals surface area contributed by atoms with E-state index in [2.05, 4.69) is 10.6 Å². The Kier molecular flexibility index (Phi) is 4.66. The Labute approximate surface area is 113 Å².